The summed E-state index contributed by atoms with van der Waals surface area (Å²) >= 11 is 0. The second-order valence-electron chi connectivity index (χ2n) is 3.66. The molecule has 1 aliphatic heterocycles. The lowest BCUT2D eigenvalue weighted by atomic mass is 10.2. The molecule has 1 aliphatic rings. The van der Waals surface area contributed by atoms with Crippen LogP contribution in [0.25, 0.3) is 6.08 Å². The monoisotopic (exact) mass is 189 g/mol. The first-order chi connectivity index (χ1) is 6.81. The summed E-state index contributed by atoms with van der Waals surface area (Å²) in [7, 11) is 0. The molecule has 0 aromatic carbocycles. The van der Waals surface area contributed by atoms with E-state index in [1.54, 1.807) is 12.3 Å². The molecule has 0 saturated carbocycles. The largest absolute Gasteiger partial charge is 0.354 e. The van der Waals surface area contributed by atoms with Crippen molar-refractivity contribution < 1.29 is 0 Å². The summed E-state index contributed by atoms with van der Waals surface area (Å²) in [5.41, 5.74) is 0. The predicted molar refractivity (Wildman–Crippen MR) is 58.2 cm³/mol. The second kappa shape index (κ2) is 3.78. The highest BCUT2D eigenvalue weighted by Crippen LogP contribution is 2.22. The van der Waals surface area contributed by atoms with Crippen LogP contribution in [0, 0.1) is 0 Å². The summed E-state index contributed by atoms with van der Waals surface area (Å²) < 4.78 is 0. The molecular weight excluding hydrogens is 174 g/mol. The van der Waals surface area contributed by atoms with Crippen LogP contribution < -0.4 is 4.90 Å². The molecule has 1 unspecified atom stereocenters. The molecule has 14 heavy (non-hydrogen) atoms. The molecule has 74 valence electrons. The third-order valence-electron chi connectivity index (χ3n) is 2.69. The molecule has 1 aromatic heterocycles. The van der Waals surface area contributed by atoms with Crippen LogP contribution in [0.4, 0.5) is 5.82 Å². The Morgan fingerprint density at radius 2 is 2.50 bits per heavy atom. The van der Waals surface area contributed by atoms with Crippen molar-refractivity contribution in [2.45, 2.75) is 25.8 Å². The van der Waals surface area contributed by atoms with Gasteiger partial charge in [0, 0.05) is 18.8 Å². The maximum absolute atomic E-state index is 4.42. The van der Waals surface area contributed by atoms with Gasteiger partial charge in [-0.3, -0.25) is 0 Å². The molecule has 0 spiro atoms. The summed E-state index contributed by atoms with van der Waals surface area (Å²) in [4.78, 5) is 10.8. The molecule has 1 saturated heterocycles. The van der Waals surface area contributed by atoms with Gasteiger partial charge in [0.1, 0.15) is 5.82 Å². The van der Waals surface area contributed by atoms with Gasteiger partial charge >= 0.3 is 0 Å². The number of aromatic nitrogens is 2. The zero-order chi connectivity index (χ0) is 9.97. The van der Waals surface area contributed by atoms with Crippen LogP contribution in [0.1, 0.15) is 25.6 Å². The van der Waals surface area contributed by atoms with Gasteiger partial charge in [-0.1, -0.05) is 6.58 Å². The van der Waals surface area contributed by atoms with Crippen LogP contribution in [0.15, 0.2) is 18.8 Å². The Morgan fingerprint density at radius 1 is 1.64 bits per heavy atom. The minimum Gasteiger partial charge on any atom is -0.354 e. The average molecular weight is 189 g/mol. The quantitative estimate of drug-likeness (QED) is 0.713. The van der Waals surface area contributed by atoms with Crippen molar-refractivity contribution >= 4 is 11.9 Å². The van der Waals surface area contributed by atoms with E-state index in [1.807, 2.05) is 6.07 Å². The Balaban J connectivity index is 2.26. The van der Waals surface area contributed by atoms with Gasteiger partial charge in [-0.2, -0.15) is 0 Å². The summed E-state index contributed by atoms with van der Waals surface area (Å²) in [6.07, 6.45) is 6.00. The van der Waals surface area contributed by atoms with Gasteiger partial charge in [0.2, 0.25) is 0 Å². The molecule has 3 heteroatoms. The number of hydrogen-bond acceptors (Lipinski definition) is 3. The van der Waals surface area contributed by atoms with Crippen LogP contribution >= 0.6 is 0 Å². The Kier molecular flexibility index (Phi) is 2.48. The van der Waals surface area contributed by atoms with E-state index in [2.05, 4.69) is 28.4 Å². The lowest BCUT2D eigenvalue weighted by molar-refractivity contribution is 0.725. The smallest absolute Gasteiger partial charge is 0.153 e. The third-order valence-corrected chi connectivity index (χ3v) is 2.69. The molecular formula is C11H15N3. The molecule has 2 rings (SSSR count). The molecule has 0 N–H and O–H groups in total. The zero-order valence-electron chi connectivity index (χ0n) is 8.48. The lowest BCUT2D eigenvalue weighted by Crippen LogP contribution is -2.27. The van der Waals surface area contributed by atoms with Crippen LogP contribution in [-0.4, -0.2) is 22.6 Å². The van der Waals surface area contributed by atoms with Crippen molar-refractivity contribution in [1.29, 1.82) is 0 Å². The fourth-order valence-electron chi connectivity index (χ4n) is 1.90. The molecule has 1 atom stereocenters. The number of nitrogens with zero attached hydrogens (tertiary/aromatic N) is 3. The number of hydrogen-bond donors (Lipinski definition) is 0. The van der Waals surface area contributed by atoms with Crippen molar-refractivity contribution in [3.05, 3.63) is 24.7 Å². The van der Waals surface area contributed by atoms with Gasteiger partial charge in [0.15, 0.2) is 5.82 Å². The van der Waals surface area contributed by atoms with Crippen LogP contribution in [0.5, 0.6) is 0 Å². The van der Waals surface area contributed by atoms with Crippen LogP contribution in [0.2, 0.25) is 0 Å². The van der Waals surface area contributed by atoms with E-state index in [1.165, 1.54) is 12.8 Å². The SMILES string of the molecule is C=Cc1nccc(N2CCCC2C)n1. The highest BCUT2D eigenvalue weighted by molar-refractivity contribution is 5.45. The fourth-order valence-corrected chi connectivity index (χ4v) is 1.90. The molecule has 1 fully saturated rings. The maximum Gasteiger partial charge on any atom is 0.153 e. The summed E-state index contributed by atoms with van der Waals surface area (Å²) in [5, 5.41) is 0. The normalized spacial score (nSPS) is 21.2. The lowest BCUT2D eigenvalue weighted by Gasteiger charge is -2.22. The molecule has 0 aliphatic carbocycles. The van der Waals surface area contributed by atoms with E-state index in [4.69, 9.17) is 0 Å². The maximum atomic E-state index is 4.42. The number of anilines is 1. The molecule has 0 bridgehead atoms. The van der Waals surface area contributed by atoms with Gasteiger partial charge < -0.3 is 4.90 Å². The van der Waals surface area contributed by atoms with Crippen LogP contribution in [0.3, 0.4) is 0 Å². The first-order valence-electron chi connectivity index (χ1n) is 5.03. The van der Waals surface area contributed by atoms with Gasteiger partial charge in [0.05, 0.1) is 0 Å². The summed E-state index contributed by atoms with van der Waals surface area (Å²) in [5.74, 6) is 1.74. The van der Waals surface area contributed by atoms with Crippen molar-refractivity contribution in [3.63, 3.8) is 0 Å². The van der Waals surface area contributed by atoms with E-state index >= 15 is 0 Å². The van der Waals surface area contributed by atoms with E-state index < -0.39 is 0 Å². The highest BCUT2D eigenvalue weighted by atomic mass is 15.2. The van der Waals surface area contributed by atoms with Gasteiger partial charge in [0.25, 0.3) is 0 Å². The third kappa shape index (κ3) is 1.62. The second-order valence-corrected chi connectivity index (χ2v) is 3.66. The first-order valence-corrected chi connectivity index (χ1v) is 5.03. The van der Waals surface area contributed by atoms with E-state index in [0.29, 0.717) is 11.9 Å². The first kappa shape index (κ1) is 9.19. The van der Waals surface area contributed by atoms with Crippen molar-refractivity contribution in [1.82, 2.24) is 9.97 Å². The highest BCUT2D eigenvalue weighted by Gasteiger charge is 2.21. The van der Waals surface area contributed by atoms with Gasteiger partial charge in [-0.05, 0) is 31.9 Å². The van der Waals surface area contributed by atoms with Crippen molar-refractivity contribution in [2.75, 3.05) is 11.4 Å². The predicted octanol–water partition coefficient (Wildman–Crippen LogP) is 2.11. The molecule has 0 radical (unpaired) electrons. The molecule has 3 nitrogen and oxygen atoms in total. The molecule has 1 aromatic rings. The van der Waals surface area contributed by atoms with Crippen molar-refractivity contribution in [2.24, 2.45) is 0 Å². The number of rotatable bonds is 2. The summed E-state index contributed by atoms with van der Waals surface area (Å²) in [6.45, 7) is 7.02. The van der Waals surface area contributed by atoms with E-state index in [0.717, 1.165) is 12.4 Å². The minimum atomic E-state index is 0.600. The topological polar surface area (TPSA) is 29.0 Å². The Hall–Kier alpha value is -1.38. The Bertz CT molecular complexity index is 335. The molecule has 0 amide bonds. The fraction of sp³-hybridized carbons (Fsp3) is 0.455. The van der Waals surface area contributed by atoms with Crippen LogP contribution in [-0.2, 0) is 0 Å². The molecule has 2 heterocycles. The average Bonchev–Trinajstić information content (AvgIpc) is 2.65. The van der Waals surface area contributed by atoms with Crippen molar-refractivity contribution in [3.8, 4) is 0 Å². The van der Waals surface area contributed by atoms with Gasteiger partial charge in [-0.15, -0.1) is 0 Å². The Labute approximate surface area is 84.5 Å². The van der Waals surface area contributed by atoms with E-state index in [-0.39, 0.29) is 0 Å². The van der Waals surface area contributed by atoms with Gasteiger partial charge in [-0.25, -0.2) is 9.97 Å². The Morgan fingerprint density at radius 3 is 3.14 bits per heavy atom. The minimum absolute atomic E-state index is 0.600. The summed E-state index contributed by atoms with van der Waals surface area (Å²) in [6, 6.07) is 2.57. The standard InChI is InChI=1S/C11H15N3/c1-3-10-12-7-6-11(13-10)14-8-4-5-9(14)2/h3,6-7,9H,1,4-5,8H2,2H3. The zero-order valence-corrected chi connectivity index (χ0v) is 8.48. The van der Waals surface area contributed by atoms with E-state index in [9.17, 15) is 0 Å².